The van der Waals surface area contributed by atoms with Crippen LogP contribution in [-0.2, 0) is 30.3 Å². The summed E-state index contributed by atoms with van der Waals surface area (Å²) in [6.45, 7) is 0.0902. The first-order valence-electron chi connectivity index (χ1n) is 8.77. The van der Waals surface area contributed by atoms with Crippen molar-refractivity contribution in [1.82, 2.24) is 0 Å². The molecule has 29 heavy (non-hydrogen) atoms. The number of esters is 1. The minimum absolute atomic E-state index is 0.0310. The number of ether oxygens (including phenoxy) is 5. The molecule has 8 heteroatoms. The number of rotatable bonds is 11. The van der Waals surface area contributed by atoms with E-state index in [1.165, 1.54) is 28.4 Å². The van der Waals surface area contributed by atoms with Crippen LogP contribution in [0.15, 0.2) is 41.6 Å². The first kappa shape index (κ1) is 22.2. The number of hydrogen-bond acceptors (Lipinski definition) is 8. The van der Waals surface area contributed by atoms with Crippen LogP contribution in [-0.4, -0.2) is 54.2 Å². The van der Waals surface area contributed by atoms with Gasteiger partial charge < -0.3 is 28.5 Å². The lowest BCUT2D eigenvalue weighted by atomic mass is 9.95. The summed E-state index contributed by atoms with van der Waals surface area (Å²) in [6.07, 6.45) is 1.63. The van der Waals surface area contributed by atoms with E-state index < -0.39 is 0 Å². The average molecular weight is 403 g/mol. The van der Waals surface area contributed by atoms with E-state index in [2.05, 4.69) is 5.16 Å². The van der Waals surface area contributed by atoms with E-state index in [0.717, 1.165) is 16.7 Å². The van der Waals surface area contributed by atoms with Crippen molar-refractivity contribution in [3.63, 3.8) is 0 Å². The highest BCUT2D eigenvalue weighted by molar-refractivity contribution is 5.86. The molecule has 0 N–H and O–H groups in total. The molecule has 0 aromatic heterocycles. The van der Waals surface area contributed by atoms with Gasteiger partial charge in [0.1, 0.15) is 18.6 Å². The summed E-state index contributed by atoms with van der Waals surface area (Å²) < 4.78 is 26.2. The Kier molecular flexibility index (Phi) is 8.94. The van der Waals surface area contributed by atoms with E-state index in [4.69, 9.17) is 28.5 Å². The second kappa shape index (κ2) is 11.7. The Bertz CT molecular complexity index is 836. The minimum atomic E-state index is -0.384. The van der Waals surface area contributed by atoms with E-state index in [0.29, 0.717) is 17.1 Å². The van der Waals surface area contributed by atoms with Gasteiger partial charge in [0.05, 0.1) is 19.7 Å². The predicted molar refractivity (Wildman–Crippen MR) is 107 cm³/mol. The summed E-state index contributed by atoms with van der Waals surface area (Å²) >= 11 is 0. The third kappa shape index (κ3) is 6.48. The van der Waals surface area contributed by atoms with E-state index in [1.807, 2.05) is 24.3 Å². The van der Waals surface area contributed by atoms with E-state index in [-0.39, 0.29) is 26.0 Å². The van der Waals surface area contributed by atoms with Crippen molar-refractivity contribution in [2.24, 2.45) is 5.16 Å². The van der Waals surface area contributed by atoms with Gasteiger partial charge in [-0.1, -0.05) is 23.4 Å². The zero-order valence-electron chi connectivity index (χ0n) is 17.0. The van der Waals surface area contributed by atoms with Crippen LogP contribution in [0.4, 0.5) is 0 Å². The Labute approximate surface area is 169 Å². The number of methoxy groups -OCH3 is 3. The molecule has 0 radical (unpaired) electrons. The second-order valence-electron chi connectivity index (χ2n) is 5.85. The van der Waals surface area contributed by atoms with E-state index in [9.17, 15) is 4.79 Å². The molecule has 0 saturated carbocycles. The number of carbonyl (C=O) groups excluding carboxylic acids is 1. The molecule has 0 fully saturated rings. The Balaban J connectivity index is 2.61. The van der Waals surface area contributed by atoms with Gasteiger partial charge in [-0.15, -0.1) is 0 Å². The lowest BCUT2D eigenvalue weighted by Gasteiger charge is -2.18. The lowest BCUT2D eigenvalue weighted by Crippen LogP contribution is -2.09. The van der Waals surface area contributed by atoms with E-state index in [1.54, 1.807) is 18.3 Å². The van der Waals surface area contributed by atoms with Gasteiger partial charge in [-0.25, -0.2) is 0 Å². The van der Waals surface area contributed by atoms with Crippen LogP contribution in [0.3, 0.4) is 0 Å². The van der Waals surface area contributed by atoms with Gasteiger partial charge in [-0.05, 0) is 28.8 Å². The fourth-order valence-corrected chi connectivity index (χ4v) is 2.67. The zero-order chi connectivity index (χ0) is 21.1. The van der Waals surface area contributed by atoms with Crippen molar-refractivity contribution in [2.45, 2.75) is 6.42 Å². The van der Waals surface area contributed by atoms with Gasteiger partial charge in [-0.2, -0.15) is 0 Å². The van der Waals surface area contributed by atoms with Crippen LogP contribution in [0.5, 0.6) is 11.5 Å². The maximum Gasteiger partial charge on any atom is 0.310 e. The number of oxime groups is 1. The molecule has 2 rings (SSSR count). The van der Waals surface area contributed by atoms with E-state index >= 15 is 0 Å². The van der Waals surface area contributed by atoms with Gasteiger partial charge in [0, 0.05) is 25.8 Å². The maximum absolute atomic E-state index is 12.0. The average Bonchev–Trinajstić information content (AvgIpc) is 2.74. The van der Waals surface area contributed by atoms with Crippen LogP contribution < -0.4 is 9.47 Å². The highest BCUT2D eigenvalue weighted by Gasteiger charge is 2.18. The highest BCUT2D eigenvalue weighted by atomic mass is 16.7. The zero-order valence-corrected chi connectivity index (χ0v) is 17.0. The molecule has 0 unspecified atom stereocenters. The molecule has 0 spiro atoms. The summed E-state index contributed by atoms with van der Waals surface area (Å²) in [5.41, 5.74) is 3.06. The smallest absolute Gasteiger partial charge is 0.310 e. The summed E-state index contributed by atoms with van der Waals surface area (Å²) in [6, 6.07) is 11.1. The number of nitrogens with zero attached hydrogens (tertiary/aromatic N) is 1. The van der Waals surface area contributed by atoms with Crippen molar-refractivity contribution in [1.29, 1.82) is 0 Å². The Morgan fingerprint density at radius 1 is 1.00 bits per heavy atom. The van der Waals surface area contributed by atoms with Crippen LogP contribution >= 0.6 is 0 Å². The summed E-state index contributed by atoms with van der Waals surface area (Å²) in [4.78, 5) is 16.8. The van der Waals surface area contributed by atoms with Crippen LogP contribution in [0, 0.1) is 0 Å². The third-order valence-corrected chi connectivity index (χ3v) is 3.88. The van der Waals surface area contributed by atoms with Crippen molar-refractivity contribution in [3.8, 4) is 22.6 Å². The molecule has 0 aliphatic rings. The van der Waals surface area contributed by atoms with Gasteiger partial charge in [-0.3, -0.25) is 4.79 Å². The molecule has 0 aliphatic carbocycles. The van der Waals surface area contributed by atoms with Crippen molar-refractivity contribution in [3.05, 3.63) is 47.5 Å². The molecule has 0 bridgehead atoms. The third-order valence-electron chi connectivity index (χ3n) is 3.88. The largest absolute Gasteiger partial charge is 0.469 e. The van der Waals surface area contributed by atoms with Crippen LogP contribution in [0.2, 0.25) is 0 Å². The van der Waals surface area contributed by atoms with Gasteiger partial charge in [0.25, 0.3) is 0 Å². The van der Waals surface area contributed by atoms with Gasteiger partial charge in [0.2, 0.25) is 0 Å². The fraction of sp³-hybridized carbons (Fsp3) is 0.333. The van der Waals surface area contributed by atoms with Gasteiger partial charge in [0.15, 0.2) is 13.6 Å². The molecule has 2 aromatic rings. The molecule has 0 amide bonds. The van der Waals surface area contributed by atoms with Crippen LogP contribution in [0.1, 0.15) is 11.1 Å². The summed E-state index contributed by atoms with van der Waals surface area (Å²) in [5.74, 6) is 0.614. The number of hydrogen-bond donors (Lipinski definition) is 0. The standard InChI is InChI=1S/C21H25NO7/c1-24-13-28-18-9-17(10-20(23)26-3)21(19(11-18)29-14-25-2)16-7-5-6-15(8-16)12-22-27-4/h5-9,11-12H,10,13-14H2,1-4H3/b22-12+. The molecule has 0 aliphatic heterocycles. The molecule has 0 heterocycles. The quantitative estimate of drug-likeness (QED) is 0.247. The van der Waals surface area contributed by atoms with Gasteiger partial charge >= 0.3 is 5.97 Å². The topological polar surface area (TPSA) is 84.8 Å². The first-order valence-corrected chi connectivity index (χ1v) is 8.77. The highest BCUT2D eigenvalue weighted by Crippen LogP contribution is 2.38. The number of benzene rings is 2. The molecule has 2 aromatic carbocycles. The molecule has 8 nitrogen and oxygen atoms in total. The predicted octanol–water partition coefficient (Wildman–Crippen LogP) is 3.01. The Hall–Kier alpha value is -3.10. The molecule has 0 saturated heterocycles. The summed E-state index contributed by atoms with van der Waals surface area (Å²) in [7, 11) is 5.88. The summed E-state index contributed by atoms with van der Waals surface area (Å²) in [5, 5.41) is 3.80. The van der Waals surface area contributed by atoms with Crippen molar-refractivity contribution in [2.75, 3.05) is 42.0 Å². The SMILES string of the molecule is COCOc1cc(CC(=O)OC)c(-c2cccc(/C=N/OC)c2)c(OCOC)c1. The molecule has 0 atom stereocenters. The first-order chi connectivity index (χ1) is 14.1. The van der Waals surface area contributed by atoms with Crippen molar-refractivity contribution < 1.29 is 33.3 Å². The van der Waals surface area contributed by atoms with Crippen LogP contribution in [0.25, 0.3) is 11.1 Å². The molecular formula is C21H25NO7. The van der Waals surface area contributed by atoms with Crippen molar-refractivity contribution >= 4 is 12.2 Å². The second-order valence-corrected chi connectivity index (χ2v) is 5.85. The monoisotopic (exact) mass is 403 g/mol. The fourth-order valence-electron chi connectivity index (χ4n) is 2.67. The Morgan fingerprint density at radius 3 is 2.45 bits per heavy atom. The normalized spacial score (nSPS) is 10.8. The maximum atomic E-state index is 12.0. The molecular weight excluding hydrogens is 378 g/mol. The molecule has 156 valence electrons. The lowest BCUT2D eigenvalue weighted by molar-refractivity contribution is -0.139. The minimum Gasteiger partial charge on any atom is -0.469 e. The Morgan fingerprint density at radius 2 is 1.76 bits per heavy atom. The number of carbonyl (C=O) groups is 1.